The molecule has 5 rings (SSSR count). The van der Waals surface area contributed by atoms with E-state index in [9.17, 15) is 9.18 Å². The summed E-state index contributed by atoms with van der Waals surface area (Å²) in [6, 6.07) is 6.11. The molecule has 2 aliphatic rings. The largest absolute Gasteiger partial charge is 0.373 e. The monoisotopic (exact) mass is 381 g/mol. The lowest BCUT2D eigenvalue weighted by Gasteiger charge is -2.25. The highest BCUT2D eigenvalue weighted by Gasteiger charge is 2.29. The summed E-state index contributed by atoms with van der Waals surface area (Å²) < 4.78 is 23.4. The molecule has 144 valence electrons. The molecular formula is C20H20FN5O2. The Morgan fingerprint density at radius 3 is 3.04 bits per heavy atom. The number of aryl methyl sites for hydroxylation is 1. The molecule has 1 N–H and O–H groups in total. The Hall–Kier alpha value is -3.00. The van der Waals surface area contributed by atoms with Gasteiger partial charge in [-0.05, 0) is 31.4 Å². The third-order valence-electron chi connectivity index (χ3n) is 5.39. The van der Waals surface area contributed by atoms with Crippen molar-refractivity contribution in [2.45, 2.75) is 38.5 Å². The predicted octanol–water partition coefficient (Wildman–Crippen LogP) is 2.55. The smallest absolute Gasteiger partial charge is 0.287 e. The second-order valence-corrected chi connectivity index (χ2v) is 7.13. The summed E-state index contributed by atoms with van der Waals surface area (Å²) in [6.07, 6.45) is 6.59. The second-order valence-electron chi connectivity index (χ2n) is 7.13. The lowest BCUT2D eigenvalue weighted by Crippen LogP contribution is -2.36. The first-order chi connectivity index (χ1) is 13.7. The van der Waals surface area contributed by atoms with Gasteiger partial charge in [-0.1, -0.05) is 12.1 Å². The zero-order valence-corrected chi connectivity index (χ0v) is 15.3. The second kappa shape index (κ2) is 6.87. The molecule has 0 unspecified atom stereocenters. The van der Waals surface area contributed by atoms with Crippen molar-refractivity contribution < 1.29 is 13.9 Å². The highest BCUT2D eigenvalue weighted by molar-refractivity contribution is 5.91. The van der Waals surface area contributed by atoms with Crippen molar-refractivity contribution in [2.75, 3.05) is 6.61 Å². The number of rotatable bonds is 3. The van der Waals surface area contributed by atoms with Crippen molar-refractivity contribution in [1.29, 1.82) is 0 Å². The quantitative estimate of drug-likeness (QED) is 0.757. The molecule has 1 atom stereocenters. The number of hydrogen-bond donors (Lipinski definition) is 1. The Kier molecular flexibility index (Phi) is 4.20. The summed E-state index contributed by atoms with van der Waals surface area (Å²) in [7, 11) is 0. The van der Waals surface area contributed by atoms with Gasteiger partial charge in [0.25, 0.3) is 5.91 Å². The molecule has 3 aromatic rings. The summed E-state index contributed by atoms with van der Waals surface area (Å²) >= 11 is 0. The lowest BCUT2D eigenvalue weighted by atomic mass is 10.1. The van der Waals surface area contributed by atoms with Gasteiger partial charge in [-0.2, -0.15) is 5.10 Å². The number of imidazole rings is 1. The molecule has 2 aromatic heterocycles. The van der Waals surface area contributed by atoms with Crippen LogP contribution in [0.2, 0.25) is 0 Å². The molecule has 28 heavy (non-hydrogen) atoms. The molecule has 4 heterocycles. The van der Waals surface area contributed by atoms with Crippen LogP contribution in [-0.4, -0.2) is 31.8 Å². The number of para-hydroxylation sites is 1. The number of carbonyl (C=O) groups is 1. The summed E-state index contributed by atoms with van der Waals surface area (Å²) in [5, 5.41) is 7.36. The average molecular weight is 381 g/mol. The van der Waals surface area contributed by atoms with Crippen molar-refractivity contribution in [3.63, 3.8) is 0 Å². The maximum absolute atomic E-state index is 14.2. The summed E-state index contributed by atoms with van der Waals surface area (Å²) in [6.45, 7) is 1.47. The van der Waals surface area contributed by atoms with Crippen LogP contribution in [-0.2, 0) is 24.3 Å². The molecule has 0 bridgehead atoms. The summed E-state index contributed by atoms with van der Waals surface area (Å²) in [5.74, 6) is -0.153. The molecule has 0 saturated carbocycles. The minimum atomic E-state index is -0.358. The fourth-order valence-corrected chi connectivity index (χ4v) is 3.98. The van der Waals surface area contributed by atoms with Gasteiger partial charge >= 0.3 is 0 Å². The van der Waals surface area contributed by atoms with Crippen LogP contribution in [0.3, 0.4) is 0 Å². The summed E-state index contributed by atoms with van der Waals surface area (Å²) in [4.78, 5) is 17.2. The van der Waals surface area contributed by atoms with Crippen LogP contribution < -0.4 is 5.32 Å². The first kappa shape index (κ1) is 17.1. The highest BCUT2D eigenvalue weighted by atomic mass is 19.1. The normalized spacial score (nSPS) is 18.4. The van der Waals surface area contributed by atoms with E-state index >= 15 is 0 Å². The van der Waals surface area contributed by atoms with Crippen LogP contribution in [0.5, 0.6) is 0 Å². The standard InChI is InChI=1S/C20H20FN5O2/c21-15-6-1-2-7-17(15)26-18-12-28-11-16(14(18)10-23-26)24-20(27)19-22-9-13-5-3-4-8-25(13)19/h1-2,6-7,9-10,16H,3-5,8,11-12H2,(H,24,27)/t16-/m0/s1. The van der Waals surface area contributed by atoms with Crippen molar-refractivity contribution in [3.8, 4) is 5.69 Å². The molecule has 8 heteroatoms. The Balaban J connectivity index is 1.42. The SMILES string of the molecule is O=C(N[C@H]1COCc2c1cnn2-c1ccccc1F)c1ncc2n1CCCC2. The number of carbonyl (C=O) groups excluding carboxylic acids is 1. The zero-order chi connectivity index (χ0) is 19.1. The molecule has 1 amide bonds. The molecule has 0 radical (unpaired) electrons. The molecule has 1 aromatic carbocycles. The number of ether oxygens (including phenoxy) is 1. The van der Waals surface area contributed by atoms with Crippen LogP contribution in [0.4, 0.5) is 4.39 Å². The third kappa shape index (κ3) is 2.80. The molecule has 0 spiro atoms. The lowest BCUT2D eigenvalue weighted by molar-refractivity contribution is 0.0678. The first-order valence-electron chi connectivity index (χ1n) is 9.47. The molecular weight excluding hydrogens is 361 g/mol. The van der Waals surface area contributed by atoms with Crippen LogP contribution in [0.25, 0.3) is 5.69 Å². The average Bonchev–Trinajstić information content (AvgIpc) is 3.33. The first-order valence-corrected chi connectivity index (χ1v) is 9.47. The number of benzene rings is 1. The van der Waals surface area contributed by atoms with Crippen LogP contribution >= 0.6 is 0 Å². The van der Waals surface area contributed by atoms with Gasteiger partial charge in [-0.3, -0.25) is 4.79 Å². The third-order valence-corrected chi connectivity index (χ3v) is 5.39. The van der Waals surface area contributed by atoms with Gasteiger partial charge in [0.05, 0.1) is 31.1 Å². The van der Waals surface area contributed by atoms with Crippen LogP contribution in [0.15, 0.2) is 36.7 Å². The van der Waals surface area contributed by atoms with E-state index in [1.165, 1.54) is 6.07 Å². The Bertz CT molecular complexity index is 1040. The molecule has 0 fully saturated rings. The van der Waals surface area contributed by atoms with E-state index < -0.39 is 0 Å². The van der Waals surface area contributed by atoms with Crippen molar-refractivity contribution >= 4 is 5.91 Å². The van der Waals surface area contributed by atoms with Gasteiger partial charge in [0.15, 0.2) is 5.82 Å². The van der Waals surface area contributed by atoms with Crippen molar-refractivity contribution in [3.05, 3.63) is 65.3 Å². The van der Waals surface area contributed by atoms with Crippen molar-refractivity contribution in [2.24, 2.45) is 0 Å². The van der Waals surface area contributed by atoms with E-state index in [1.807, 2.05) is 4.57 Å². The van der Waals surface area contributed by atoms with Gasteiger partial charge in [0.1, 0.15) is 11.5 Å². The number of hydrogen-bond acceptors (Lipinski definition) is 4. The molecule has 0 aliphatic carbocycles. The molecule has 0 saturated heterocycles. The number of aromatic nitrogens is 4. The minimum absolute atomic E-state index is 0.228. The number of fused-ring (bicyclic) bond motifs is 2. The fraction of sp³-hybridized carbons (Fsp3) is 0.350. The van der Waals surface area contributed by atoms with E-state index in [0.717, 1.165) is 42.8 Å². The van der Waals surface area contributed by atoms with E-state index in [-0.39, 0.29) is 17.8 Å². The number of nitrogens with zero attached hydrogens (tertiary/aromatic N) is 4. The molecule has 7 nitrogen and oxygen atoms in total. The number of amides is 1. The van der Waals surface area contributed by atoms with Gasteiger partial charge in [0.2, 0.25) is 0 Å². The predicted molar refractivity (Wildman–Crippen MR) is 98.6 cm³/mol. The van der Waals surface area contributed by atoms with Gasteiger partial charge < -0.3 is 14.6 Å². The maximum Gasteiger partial charge on any atom is 0.287 e. The van der Waals surface area contributed by atoms with E-state index in [2.05, 4.69) is 15.4 Å². The Labute approximate surface area is 161 Å². The topological polar surface area (TPSA) is 74.0 Å². The Morgan fingerprint density at radius 2 is 2.14 bits per heavy atom. The van der Waals surface area contributed by atoms with E-state index in [1.54, 1.807) is 35.3 Å². The zero-order valence-electron chi connectivity index (χ0n) is 15.3. The number of nitrogens with one attached hydrogen (secondary N) is 1. The van der Waals surface area contributed by atoms with Crippen LogP contribution in [0, 0.1) is 5.82 Å². The van der Waals surface area contributed by atoms with Crippen LogP contribution in [0.1, 0.15) is 46.5 Å². The fourth-order valence-electron chi connectivity index (χ4n) is 3.98. The van der Waals surface area contributed by atoms with Crippen molar-refractivity contribution in [1.82, 2.24) is 24.6 Å². The highest BCUT2D eigenvalue weighted by Crippen LogP contribution is 2.28. The number of halogens is 1. The van der Waals surface area contributed by atoms with Gasteiger partial charge in [0, 0.05) is 24.0 Å². The van der Waals surface area contributed by atoms with E-state index in [4.69, 9.17) is 4.74 Å². The minimum Gasteiger partial charge on any atom is -0.373 e. The van der Waals surface area contributed by atoms with Gasteiger partial charge in [-0.25, -0.2) is 14.1 Å². The summed E-state index contributed by atoms with van der Waals surface area (Å²) in [5.41, 5.74) is 3.05. The Morgan fingerprint density at radius 1 is 1.25 bits per heavy atom. The van der Waals surface area contributed by atoms with E-state index in [0.29, 0.717) is 24.7 Å². The molecule has 2 aliphatic heterocycles. The van der Waals surface area contributed by atoms with Gasteiger partial charge in [-0.15, -0.1) is 0 Å². The maximum atomic E-state index is 14.2.